The maximum absolute atomic E-state index is 12.0. The number of halogens is 2. The van der Waals surface area contributed by atoms with Gasteiger partial charge in [-0.1, -0.05) is 12.1 Å². The molecule has 1 N–H and O–H groups in total. The van der Waals surface area contributed by atoms with Crippen molar-refractivity contribution < 1.29 is 18.6 Å². The molecule has 0 bridgehead atoms. The monoisotopic (exact) mass is 284 g/mol. The first-order chi connectivity index (χ1) is 8.97. The summed E-state index contributed by atoms with van der Waals surface area (Å²) in [6, 6.07) is 8.06. The van der Waals surface area contributed by atoms with E-state index in [9.17, 15) is 13.9 Å². The molecule has 19 heavy (non-hydrogen) atoms. The smallest absolute Gasteiger partial charge is 0.387 e. The van der Waals surface area contributed by atoms with E-state index in [0.717, 1.165) is 15.3 Å². The highest BCUT2D eigenvalue weighted by molar-refractivity contribution is 7.12. The molecule has 5 heteroatoms. The van der Waals surface area contributed by atoms with E-state index in [2.05, 4.69) is 4.74 Å². The first-order valence-electron chi connectivity index (χ1n) is 5.77. The van der Waals surface area contributed by atoms with Gasteiger partial charge in [0.15, 0.2) is 0 Å². The Morgan fingerprint density at radius 1 is 1.16 bits per heavy atom. The van der Waals surface area contributed by atoms with Crippen molar-refractivity contribution >= 4 is 11.3 Å². The highest BCUT2D eigenvalue weighted by Crippen LogP contribution is 2.32. The molecule has 0 aliphatic rings. The van der Waals surface area contributed by atoms with Crippen molar-refractivity contribution in [2.75, 3.05) is 0 Å². The van der Waals surface area contributed by atoms with E-state index in [4.69, 9.17) is 0 Å². The Balaban J connectivity index is 2.20. The summed E-state index contributed by atoms with van der Waals surface area (Å²) in [5.41, 5.74) is 1.69. The Morgan fingerprint density at radius 3 is 2.26 bits per heavy atom. The van der Waals surface area contributed by atoms with Gasteiger partial charge in [-0.2, -0.15) is 8.78 Å². The van der Waals surface area contributed by atoms with Gasteiger partial charge >= 0.3 is 6.61 Å². The van der Waals surface area contributed by atoms with Crippen LogP contribution in [0.2, 0.25) is 0 Å². The summed E-state index contributed by atoms with van der Waals surface area (Å²) in [4.78, 5) is 2.00. The normalized spacial score (nSPS) is 12.7. The molecule has 1 heterocycles. The molecular weight excluding hydrogens is 270 g/mol. The van der Waals surface area contributed by atoms with Crippen LogP contribution in [0.3, 0.4) is 0 Å². The maximum Gasteiger partial charge on any atom is 0.387 e. The molecule has 102 valence electrons. The van der Waals surface area contributed by atoms with Crippen molar-refractivity contribution in [1.29, 1.82) is 0 Å². The molecule has 2 nitrogen and oxygen atoms in total. The van der Waals surface area contributed by atoms with Crippen LogP contribution < -0.4 is 4.74 Å². The molecule has 0 spiro atoms. The van der Waals surface area contributed by atoms with Crippen molar-refractivity contribution in [3.05, 3.63) is 51.2 Å². The number of aryl methyl sites for hydroxylation is 2. The Kier molecular flexibility index (Phi) is 4.17. The van der Waals surface area contributed by atoms with Crippen LogP contribution in [0.4, 0.5) is 8.78 Å². The molecule has 1 aromatic carbocycles. The number of aliphatic hydroxyl groups is 1. The number of benzene rings is 1. The highest BCUT2D eigenvalue weighted by atomic mass is 32.1. The van der Waals surface area contributed by atoms with Crippen LogP contribution in [0, 0.1) is 13.8 Å². The summed E-state index contributed by atoms with van der Waals surface area (Å²) in [6.07, 6.45) is -0.737. The predicted octanol–water partition coefficient (Wildman–Crippen LogP) is 4.05. The average molecular weight is 284 g/mol. The molecule has 2 rings (SSSR count). The van der Waals surface area contributed by atoms with Gasteiger partial charge in [-0.15, -0.1) is 11.3 Å². The van der Waals surface area contributed by atoms with Crippen LogP contribution in [0.15, 0.2) is 30.3 Å². The number of hydrogen-bond donors (Lipinski definition) is 1. The fourth-order valence-corrected chi connectivity index (χ4v) is 2.96. The molecule has 2 aromatic rings. The molecule has 0 saturated heterocycles. The first-order valence-corrected chi connectivity index (χ1v) is 6.59. The summed E-state index contributed by atoms with van der Waals surface area (Å²) in [7, 11) is 0. The second-order valence-electron chi connectivity index (χ2n) is 4.25. The van der Waals surface area contributed by atoms with E-state index in [1.54, 1.807) is 12.1 Å². The molecule has 0 amide bonds. The molecule has 0 aliphatic heterocycles. The Bertz CT molecular complexity index is 549. The third-order valence-electron chi connectivity index (χ3n) is 2.75. The fourth-order valence-electron chi connectivity index (χ4n) is 1.91. The van der Waals surface area contributed by atoms with Crippen LogP contribution in [0.25, 0.3) is 0 Å². The van der Waals surface area contributed by atoms with Gasteiger partial charge in [0.2, 0.25) is 0 Å². The van der Waals surface area contributed by atoms with Gasteiger partial charge in [-0.05, 0) is 43.2 Å². The summed E-state index contributed by atoms with van der Waals surface area (Å²) in [5.74, 6) is 0.0880. The number of aliphatic hydroxyl groups excluding tert-OH is 1. The van der Waals surface area contributed by atoms with Gasteiger partial charge in [0.05, 0.1) is 0 Å². The lowest BCUT2D eigenvalue weighted by atomic mass is 10.1. The Morgan fingerprint density at radius 2 is 1.79 bits per heavy atom. The molecule has 1 aromatic heterocycles. The minimum absolute atomic E-state index is 0.0880. The molecule has 1 atom stereocenters. The largest absolute Gasteiger partial charge is 0.435 e. The van der Waals surface area contributed by atoms with Gasteiger partial charge < -0.3 is 9.84 Å². The van der Waals surface area contributed by atoms with Gasteiger partial charge in [-0.3, -0.25) is 0 Å². The summed E-state index contributed by atoms with van der Waals surface area (Å²) >= 11 is 1.53. The van der Waals surface area contributed by atoms with E-state index in [1.165, 1.54) is 23.5 Å². The maximum atomic E-state index is 12.0. The van der Waals surface area contributed by atoms with Crippen LogP contribution in [0.5, 0.6) is 5.75 Å². The van der Waals surface area contributed by atoms with Crippen LogP contribution in [-0.2, 0) is 0 Å². The summed E-state index contributed by atoms with van der Waals surface area (Å²) in [5, 5.41) is 10.3. The molecule has 0 aliphatic carbocycles. The second-order valence-corrected chi connectivity index (χ2v) is 5.54. The fraction of sp³-hybridized carbons (Fsp3) is 0.286. The van der Waals surface area contributed by atoms with Crippen LogP contribution in [0.1, 0.15) is 27.0 Å². The predicted molar refractivity (Wildman–Crippen MR) is 70.9 cm³/mol. The van der Waals surface area contributed by atoms with E-state index in [-0.39, 0.29) is 5.75 Å². The molecule has 0 saturated carbocycles. The Labute approximate surface area is 114 Å². The van der Waals surface area contributed by atoms with Gasteiger partial charge in [0.25, 0.3) is 0 Å². The number of thiophene rings is 1. The van der Waals surface area contributed by atoms with E-state index >= 15 is 0 Å². The Hall–Kier alpha value is -1.46. The average Bonchev–Trinajstić information content (AvgIpc) is 2.68. The van der Waals surface area contributed by atoms with Crippen molar-refractivity contribution in [2.24, 2.45) is 0 Å². The van der Waals surface area contributed by atoms with Crippen molar-refractivity contribution in [3.8, 4) is 5.75 Å². The zero-order valence-electron chi connectivity index (χ0n) is 10.6. The standard InChI is InChI=1S/C14H14F2O2S/c1-8-7-9(2)19-13(8)12(17)10-3-5-11(6-4-10)18-14(15)16/h3-7,12,14,17H,1-2H3. The van der Waals surface area contributed by atoms with Crippen LogP contribution in [-0.4, -0.2) is 11.7 Å². The molecule has 0 radical (unpaired) electrons. The third kappa shape index (κ3) is 3.30. The minimum atomic E-state index is -2.84. The van der Waals surface area contributed by atoms with E-state index < -0.39 is 12.7 Å². The molecule has 0 fully saturated rings. The van der Waals surface area contributed by atoms with Crippen LogP contribution >= 0.6 is 11.3 Å². The number of hydrogen-bond acceptors (Lipinski definition) is 3. The first kappa shape index (κ1) is 14.0. The number of alkyl halides is 2. The van der Waals surface area contributed by atoms with Gasteiger partial charge in [0, 0.05) is 9.75 Å². The lowest BCUT2D eigenvalue weighted by molar-refractivity contribution is -0.0498. The lowest BCUT2D eigenvalue weighted by Crippen LogP contribution is -2.03. The van der Waals surface area contributed by atoms with Gasteiger partial charge in [-0.25, -0.2) is 0 Å². The summed E-state index contributed by atoms with van der Waals surface area (Å²) < 4.78 is 28.3. The molecule has 1 unspecified atom stereocenters. The van der Waals surface area contributed by atoms with E-state index in [1.807, 2.05) is 19.9 Å². The number of ether oxygens (including phenoxy) is 1. The highest BCUT2D eigenvalue weighted by Gasteiger charge is 2.16. The quantitative estimate of drug-likeness (QED) is 0.918. The third-order valence-corrected chi connectivity index (χ3v) is 3.95. The van der Waals surface area contributed by atoms with Crippen molar-refractivity contribution in [1.82, 2.24) is 0 Å². The van der Waals surface area contributed by atoms with Crippen molar-refractivity contribution in [2.45, 2.75) is 26.6 Å². The summed E-state index contributed by atoms with van der Waals surface area (Å²) in [6.45, 7) is 1.09. The van der Waals surface area contributed by atoms with E-state index in [0.29, 0.717) is 5.56 Å². The van der Waals surface area contributed by atoms with Crippen molar-refractivity contribution in [3.63, 3.8) is 0 Å². The molecular formula is C14H14F2O2S. The number of rotatable bonds is 4. The minimum Gasteiger partial charge on any atom is -0.435 e. The zero-order valence-corrected chi connectivity index (χ0v) is 11.4. The zero-order chi connectivity index (χ0) is 14.0. The van der Waals surface area contributed by atoms with Gasteiger partial charge in [0.1, 0.15) is 11.9 Å². The topological polar surface area (TPSA) is 29.5 Å². The lowest BCUT2D eigenvalue weighted by Gasteiger charge is -2.11. The SMILES string of the molecule is Cc1cc(C)c(C(O)c2ccc(OC(F)F)cc2)s1. The second kappa shape index (κ2) is 5.67.